The van der Waals surface area contributed by atoms with Crippen molar-refractivity contribution in [3.05, 3.63) is 70.8 Å². The molecule has 0 saturated carbocycles. The lowest BCUT2D eigenvalue weighted by Crippen LogP contribution is -2.07. The van der Waals surface area contributed by atoms with Gasteiger partial charge in [0.2, 0.25) is 0 Å². The minimum atomic E-state index is 0.421. The zero-order valence-corrected chi connectivity index (χ0v) is 15.0. The second-order valence-electron chi connectivity index (χ2n) is 5.94. The van der Waals surface area contributed by atoms with Crippen molar-refractivity contribution < 1.29 is 0 Å². The largest absolute Gasteiger partial charge is 0.162 e. The maximum Gasteiger partial charge on any atom is 0.0295 e. The molecule has 118 valence electrons. The second-order valence-corrected chi connectivity index (χ2v) is 7.33. The van der Waals surface area contributed by atoms with Crippen LogP contribution in [0.4, 0.5) is 0 Å². The molecule has 0 saturated heterocycles. The first-order chi connectivity index (χ1) is 10.7. The van der Waals surface area contributed by atoms with E-state index in [0.717, 1.165) is 0 Å². The molecule has 0 amide bonds. The molecule has 0 radical (unpaired) electrons. The normalized spacial score (nSPS) is 17.0. The molecule has 1 aliphatic carbocycles. The van der Waals surface area contributed by atoms with Crippen molar-refractivity contribution in [1.82, 2.24) is 0 Å². The van der Waals surface area contributed by atoms with Gasteiger partial charge < -0.3 is 0 Å². The van der Waals surface area contributed by atoms with Crippen molar-refractivity contribution in [3.8, 4) is 0 Å². The first kappa shape index (κ1) is 17.1. The number of hydrogen-bond donors (Lipinski definition) is 0. The van der Waals surface area contributed by atoms with Gasteiger partial charge in [-0.1, -0.05) is 66.6 Å². The highest BCUT2D eigenvalue weighted by molar-refractivity contribution is 7.99. The summed E-state index contributed by atoms with van der Waals surface area (Å²) in [5, 5.41) is 0. The zero-order chi connectivity index (χ0) is 15.8. The van der Waals surface area contributed by atoms with Crippen LogP contribution in [0.3, 0.4) is 0 Å². The molecule has 0 fully saturated rings. The topological polar surface area (TPSA) is 0 Å². The van der Waals surface area contributed by atoms with Gasteiger partial charge in [-0.05, 0) is 55.8 Å². The Balaban J connectivity index is 2.30. The monoisotopic (exact) mass is 312 g/mol. The van der Waals surface area contributed by atoms with Crippen molar-refractivity contribution in [2.24, 2.45) is 0 Å². The molecule has 1 aromatic rings. The lowest BCUT2D eigenvalue weighted by molar-refractivity contribution is 0.873. The number of allylic oxidation sites excluding steroid dienone is 6. The van der Waals surface area contributed by atoms with Crippen LogP contribution in [0.5, 0.6) is 0 Å². The maximum atomic E-state index is 2.43. The summed E-state index contributed by atoms with van der Waals surface area (Å²) in [6.45, 7) is 6.88. The van der Waals surface area contributed by atoms with Crippen molar-refractivity contribution >= 4 is 11.8 Å². The maximum absolute atomic E-state index is 2.43. The minimum Gasteiger partial charge on any atom is -0.162 e. The van der Waals surface area contributed by atoms with E-state index in [2.05, 4.69) is 69.3 Å². The molecule has 0 nitrogen and oxygen atoms in total. The van der Waals surface area contributed by atoms with E-state index in [1.165, 1.54) is 47.5 Å². The van der Waals surface area contributed by atoms with Gasteiger partial charge in [0.1, 0.15) is 0 Å². The Labute approximate surface area is 140 Å². The molecule has 2 rings (SSSR count). The summed E-state index contributed by atoms with van der Waals surface area (Å²) >= 11 is 2.03. The Morgan fingerprint density at radius 3 is 2.55 bits per heavy atom. The Morgan fingerprint density at radius 1 is 1.14 bits per heavy atom. The van der Waals surface area contributed by atoms with Crippen LogP contribution in [0.1, 0.15) is 51.5 Å². The molecule has 0 bridgehead atoms. The Hall–Kier alpha value is -1.21. The van der Waals surface area contributed by atoms with Gasteiger partial charge in [0.25, 0.3) is 0 Å². The summed E-state index contributed by atoms with van der Waals surface area (Å²) in [6.07, 6.45) is 10.6. The second kappa shape index (κ2) is 9.05. The summed E-state index contributed by atoms with van der Waals surface area (Å²) in [4.78, 5) is 0. The van der Waals surface area contributed by atoms with Crippen LogP contribution >= 0.6 is 11.8 Å². The SMILES string of the molecule is CCSCC/C(C)=C(\C)C(C1=CCCC=C1)c1ccccc1. The van der Waals surface area contributed by atoms with Gasteiger partial charge in [-0.25, -0.2) is 0 Å². The van der Waals surface area contributed by atoms with E-state index in [4.69, 9.17) is 0 Å². The van der Waals surface area contributed by atoms with Gasteiger partial charge in [-0.3, -0.25) is 0 Å². The van der Waals surface area contributed by atoms with Crippen LogP contribution in [0.25, 0.3) is 0 Å². The van der Waals surface area contributed by atoms with Crippen LogP contribution < -0.4 is 0 Å². The average molecular weight is 313 g/mol. The van der Waals surface area contributed by atoms with E-state index in [9.17, 15) is 0 Å². The Morgan fingerprint density at radius 2 is 1.91 bits per heavy atom. The zero-order valence-electron chi connectivity index (χ0n) is 14.1. The minimum absolute atomic E-state index is 0.421. The number of rotatable bonds is 7. The summed E-state index contributed by atoms with van der Waals surface area (Å²) in [7, 11) is 0. The lowest BCUT2D eigenvalue weighted by atomic mass is 9.81. The first-order valence-electron chi connectivity index (χ1n) is 8.39. The molecule has 0 aliphatic heterocycles. The Kier molecular flexibility index (Phi) is 7.05. The highest BCUT2D eigenvalue weighted by atomic mass is 32.2. The molecular weight excluding hydrogens is 284 g/mol. The van der Waals surface area contributed by atoms with E-state index in [0.29, 0.717) is 5.92 Å². The van der Waals surface area contributed by atoms with E-state index < -0.39 is 0 Å². The smallest absolute Gasteiger partial charge is 0.0295 e. The molecule has 0 heterocycles. The van der Waals surface area contributed by atoms with Crippen molar-refractivity contribution in [3.63, 3.8) is 0 Å². The average Bonchev–Trinajstić information content (AvgIpc) is 2.57. The fourth-order valence-electron chi connectivity index (χ4n) is 3.00. The Bertz CT molecular complexity index is 549. The van der Waals surface area contributed by atoms with Crippen molar-refractivity contribution in [2.75, 3.05) is 11.5 Å². The summed E-state index contributed by atoms with van der Waals surface area (Å²) in [6, 6.07) is 11.0. The fraction of sp³-hybridized carbons (Fsp3) is 0.429. The van der Waals surface area contributed by atoms with Gasteiger partial charge in [0, 0.05) is 5.92 Å². The molecule has 1 aliphatic rings. The summed E-state index contributed by atoms with van der Waals surface area (Å²) in [5.41, 5.74) is 5.97. The number of hydrogen-bond acceptors (Lipinski definition) is 1. The van der Waals surface area contributed by atoms with Crippen molar-refractivity contribution in [2.45, 2.75) is 46.0 Å². The molecule has 1 heteroatoms. The molecule has 22 heavy (non-hydrogen) atoms. The van der Waals surface area contributed by atoms with E-state index in [1.54, 1.807) is 5.57 Å². The van der Waals surface area contributed by atoms with Crippen LogP contribution in [-0.4, -0.2) is 11.5 Å². The van der Waals surface area contributed by atoms with Gasteiger partial charge in [-0.15, -0.1) is 0 Å². The lowest BCUT2D eigenvalue weighted by Gasteiger charge is -2.24. The molecule has 0 N–H and O–H groups in total. The van der Waals surface area contributed by atoms with Gasteiger partial charge in [0.05, 0.1) is 0 Å². The van der Waals surface area contributed by atoms with Crippen molar-refractivity contribution in [1.29, 1.82) is 0 Å². The van der Waals surface area contributed by atoms with E-state index in [1.807, 2.05) is 11.8 Å². The standard InChI is InChI=1S/C21H28S/c1-4-22-16-15-17(2)18(3)21(19-11-7-5-8-12-19)20-13-9-6-10-14-20/h5,7-9,11-14,21H,4,6,10,15-16H2,1-3H3/b18-17+. The highest BCUT2D eigenvalue weighted by Gasteiger charge is 2.19. The predicted molar refractivity (Wildman–Crippen MR) is 102 cm³/mol. The van der Waals surface area contributed by atoms with Crippen LogP contribution in [-0.2, 0) is 0 Å². The van der Waals surface area contributed by atoms with Crippen LogP contribution in [0.15, 0.2) is 65.3 Å². The third kappa shape index (κ3) is 4.64. The van der Waals surface area contributed by atoms with Gasteiger partial charge >= 0.3 is 0 Å². The summed E-state index contributed by atoms with van der Waals surface area (Å²) in [5.74, 6) is 2.86. The third-order valence-corrected chi connectivity index (χ3v) is 5.32. The number of thioether (sulfide) groups is 1. The molecule has 1 aromatic carbocycles. The van der Waals surface area contributed by atoms with Gasteiger partial charge in [-0.2, -0.15) is 11.8 Å². The first-order valence-corrected chi connectivity index (χ1v) is 9.55. The molecule has 0 spiro atoms. The van der Waals surface area contributed by atoms with E-state index in [-0.39, 0.29) is 0 Å². The molecule has 1 atom stereocenters. The third-order valence-electron chi connectivity index (χ3n) is 4.42. The van der Waals surface area contributed by atoms with Crippen LogP contribution in [0.2, 0.25) is 0 Å². The summed E-state index contributed by atoms with van der Waals surface area (Å²) < 4.78 is 0. The highest BCUT2D eigenvalue weighted by Crippen LogP contribution is 2.36. The predicted octanol–water partition coefficient (Wildman–Crippen LogP) is 6.53. The van der Waals surface area contributed by atoms with Gasteiger partial charge in [0.15, 0.2) is 0 Å². The quantitative estimate of drug-likeness (QED) is 0.407. The number of benzene rings is 1. The fourth-order valence-corrected chi connectivity index (χ4v) is 3.74. The molecule has 1 unspecified atom stereocenters. The molecular formula is C21H28S. The molecule has 0 aromatic heterocycles. The van der Waals surface area contributed by atoms with Crippen LogP contribution in [0, 0.1) is 0 Å². The van der Waals surface area contributed by atoms with E-state index >= 15 is 0 Å².